The minimum atomic E-state index is -1.62. The topological polar surface area (TPSA) is 111 Å². The van der Waals surface area contributed by atoms with Crippen molar-refractivity contribution in [1.29, 1.82) is 0 Å². The third kappa shape index (κ3) is 65.7. The Bertz CT molecular complexity index is 1290. The first kappa shape index (κ1) is 79.3. The van der Waals surface area contributed by atoms with Gasteiger partial charge < -0.3 is 33.3 Å². The van der Waals surface area contributed by atoms with Crippen LogP contribution in [-0.4, -0.2) is 82.3 Å². The summed E-state index contributed by atoms with van der Waals surface area (Å²) in [5.74, 6) is -2.24. The number of unbranched alkanes of at least 4 members (excludes halogenated alkanes) is 54. The fourth-order valence-electron chi connectivity index (χ4n) is 11.3. The van der Waals surface area contributed by atoms with Crippen molar-refractivity contribution in [1.82, 2.24) is 0 Å². The van der Waals surface area contributed by atoms with E-state index in [0.717, 1.165) is 38.5 Å². The fourth-order valence-corrected chi connectivity index (χ4v) is 11.3. The molecule has 0 rings (SSSR count). The van der Waals surface area contributed by atoms with Gasteiger partial charge in [0.1, 0.15) is 13.2 Å². The Morgan fingerprint density at radius 1 is 0.321 bits per heavy atom. The maximum absolute atomic E-state index is 12.9. The lowest BCUT2D eigenvalue weighted by molar-refractivity contribution is -0.870. The highest BCUT2D eigenvalue weighted by molar-refractivity contribution is 5.70. The molecular formula is C72H141NO8. The quantitative estimate of drug-likeness (QED) is 0.0256. The molecular weight excluding hydrogens is 1010 g/mol. The van der Waals surface area contributed by atoms with E-state index in [-0.39, 0.29) is 32.2 Å². The van der Waals surface area contributed by atoms with Crippen LogP contribution in [0.2, 0.25) is 0 Å². The molecule has 0 heterocycles. The van der Waals surface area contributed by atoms with Crippen molar-refractivity contribution in [2.75, 3.05) is 47.5 Å². The second-order valence-corrected chi connectivity index (χ2v) is 26.3. The number of hydrogen-bond donors (Lipinski definition) is 0. The average molecular weight is 1150 g/mol. The number of ether oxygens (including phenoxy) is 4. The normalized spacial score (nSPS) is 12.6. The van der Waals surface area contributed by atoms with E-state index in [1.165, 1.54) is 321 Å². The first-order chi connectivity index (χ1) is 39.6. The van der Waals surface area contributed by atoms with Gasteiger partial charge >= 0.3 is 11.9 Å². The first-order valence-corrected chi connectivity index (χ1v) is 36.2. The molecule has 0 aromatic rings. The highest BCUT2D eigenvalue weighted by Crippen LogP contribution is 2.20. The molecule has 482 valence electrons. The number of nitrogens with zero attached hydrogens (tertiary/aromatic N) is 1. The first-order valence-electron chi connectivity index (χ1n) is 36.2. The van der Waals surface area contributed by atoms with Gasteiger partial charge in [0.2, 0.25) is 0 Å². The highest BCUT2D eigenvalue weighted by Gasteiger charge is 2.22. The second kappa shape index (κ2) is 64.3. The summed E-state index contributed by atoms with van der Waals surface area (Å²) in [6, 6.07) is 0. The molecule has 0 spiro atoms. The zero-order valence-corrected chi connectivity index (χ0v) is 55.2. The molecule has 2 atom stereocenters. The number of esters is 2. The average Bonchev–Trinajstić information content (AvgIpc) is 3.44. The molecule has 0 bridgehead atoms. The molecule has 0 fully saturated rings. The summed E-state index contributed by atoms with van der Waals surface area (Å²) in [5.41, 5.74) is 0. The van der Waals surface area contributed by atoms with Crippen molar-refractivity contribution in [3.8, 4) is 0 Å². The van der Waals surface area contributed by atoms with E-state index in [9.17, 15) is 19.5 Å². The van der Waals surface area contributed by atoms with E-state index in [1.54, 1.807) is 0 Å². The molecule has 0 aromatic heterocycles. The Labute approximate surface area is 504 Å². The van der Waals surface area contributed by atoms with Gasteiger partial charge in [-0.05, 0) is 12.8 Å². The molecule has 0 aliphatic carbocycles. The summed E-state index contributed by atoms with van der Waals surface area (Å²) in [5, 5.41) is 11.8. The molecule has 0 saturated heterocycles. The maximum atomic E-state index is 12.9. The molecule has 0 N–H and O–H groups in total. The molecule has 0 saturated carbocycles. The third-order valence-electron chi connectivity index (χ3n) is 16.9. The van der Waals surface area contributed by atoms with Crippen LogP contribution in [-0.2, 0) is 33.3 Å². The van der Waals surface area contributed by atoms with Crippen molar-refractivity contribution in [3.05, 3.63) is 0 Å². The van der Waals surface area contributed by atoms with Crippen LogP contribution >= 0.6 is 0 Å². The molecule has 9 heteroatoms. The molecule has 0 amide bonds. The van der Waals surface area contributed by atoms with Gasteiger partial charge in [-0.1, -0.05) is 361 Å². The molecule has 0 aromatic carbocycles. The van der Waals surface area contributed by atoms with Crippen LogP contribution in [0, 0.1) is 0 Å². The summed E-state index contributed by atoms with van der Waals surface area (Å²) in [6.07, 6.45) is 73.4. The lowest BCUT2D eigenvalue weighted by Crippen LogP contribution is -2.44. The van der Waals surface area contributed by atoms with E-state index in [4.69, 9.17) is 18.9 Å². The van der Waals surface area contributed by atoms with Crippen LogP contribution in [0.25, 0.3) is 0 Å². The Morgan fingerprint density at radius 2 is 0.556 bits per heavy atom. The van der Waals surface area contributed by atoms with Crippen molar-refractivity contribution in [2.24, 2.45) is 0 Å². The largest absolute Gasteiger partial charge is 0.545 e. The van der Waals surface area contributed by atoms with Crippen molar-refractivity contribution in [3.63, 3.8) is 0 Å². The molecule has 0 aliphatic rings. The van der Waals surface area contributed by atoms with Crippen LogP contribution in [0.3, 0.4) is 0 Å². The van der Waals surface area contributed by atoms with Crippen LogP contribution in [0.1, 0.15) is 386 Å². The van der Waals surface area contributed by atoms with Crippen LogP contribution in [0.15, 0.2) is 0 Å². The van der Waals surface area contributed by atoms with Gasteiger partial charge in [-0.25, -0.2) is 0 Å². The monoisotopic (exact) mass is 1150 g/mol. The highest BCUT2D eigenvalue weighted by atomic mass is 16.7. The Kier molecular flexibility index (Phi) is 62.9. The second-order valence-electron chi connectivity index (χ2n) is 26.3. The number of likely N-dealkylation sites (N-methyl/N-ethyl adjacent to an activating group) is 1. The van der Waals surface area contributed by atoms with Gasteiger partial charge in [0.05, 0.1) is 40.3 Å². The third-order valence-corrected chi connectivity index (χ3v) is 16.9. The number of aliphatic carboxylic acids is 1. The number of carboxylic acid groups (broad SMARTS) is 1. The lowest BCUT2D eigenvalue weighted by atomic mass is 10.0. The van der Waals surface area contributed by atoms with Crippen LogP contribution in [0.4, 0.5) is 0 Å². The molecule has 0 radical (unpaired) electrons. The maximum Gasteiger partial charge on any atom is 0.306 e. The number of carboxylic acids is 1. The molecule has 9 nitrogen and oxygen atoms in total. The number of rotatable bonds is 69. The number of carbonyl (C=O) groups excluding carboxylic acids is 3. The standard InChI is InChI=1S/C72H141NO8/c1-6-8-10-12-14-16-18-20-22-24-26-28-30-32-34-36-38-40-42-44-46-48-50-52-54-56-58-60-62-69(74)79-66-68(67-80-72(71(76)77)78-65-64-73(3,4)5)81-70(75)63-61-59-57-55-53-51-49-47-45-43-41-39-37-35-33-31-29-27-25-23-21-19-17-15-13-11-9-7-2/h68,72H,6-67H2,1-5H3. The predicted octanol–water partition coefficient (Wildman–Crippen LogP) is 20.9. The minimum absolute atomic E-state index is 0.154. The van der Waals surface area contributed by atoms with Gasteiger partial charge in [0, 0.05) is 12.8 Å². The lowest BCUT2D eigenvalue weighted by Gasteiger charge is -2.26. The Balaban J connectivity index is 4.02. The minimum Gasteiger partial charge on any atom is -0.545 e. The van der Waals surface area contributed by atoms with Gasteiger partial charge in [-0.15, -0.1) is 0 Å². The Hall–Kier alpha value is -1.71. The van der Waals surface area contributed by atoms with Crippen molar-refractivity contribution >= 4 is 17.9 Å². The van der Waals surface area contributed by atoms with E-state index >= 15 is 0 Å². The molecule has 0 aliphatic heterocycles. The summed E-state index contributed by atoms with van der Waals surface area (Å²) >= 11 is 0. The van der Waals surface area contributed by atoms with Crippen LogP contribution < -0.4 is 5.11 Å². The summed E-state index contributed by atoms with van der Waals surface area (Å²) in [7, 11) is 5.95. The van der Waals surface area contributed by atoms with Gasteiger partial charge in [0.15, 0.2) is 12.4 Å². The summed E-state index contributed by atoms with van der Waals surface area (Å²) in [4.78, 5) is 37.5. The van der Waals surface area contributed by atoms with Crippen LogP contribution in [0.5, 0.6) is 0 Å². The van der Waals surface area contributed by atoms with E-state index in [1.807, 2.05) is 21.1 Å². The molecule has 81 heavy (non-hydrogen) atoms. The van der Waals surface area contributed by atoms with Gasteiger partial charge in [-0.3, -0.25) is 9.59 Å². The Morgan fingerprint density at radius 3 is 0.790 bits per heavy atom. The van der Waals surface area contributed by atoms with Gasteiger partial charge in [0.25, 0.3) is 0 Å². The predicted molar refractivity (Wildman–Crippen MR) is 344 cm³/mol. The van der Waals surface area contributed by atoms with Gasteiger partial charge in [-0.2, -0.15) is 0 Å². The SMILES string of the molecule is CCCCCCCCCCCCCCCCCCCCCCCCCCCCCCC(=O)OCC(COC(OCC[N+](C)(C)C)C(=O)[O-])OC(=O)CCCCCCCCCCCCCCCCCCCCCCCCCCCCCC. The zero-order chi connectivity index (χ0) is 59.1. The molecule has 2 unspecified atom stereocenters. The summed E-state index contributed by atoms with van der Waals surface area (Å²) < 4.78 is 22.8. The fraction of sp³-hybridized carbons (Fsp3) is 0.958. The van der Waals surface area contributed by atoms with Crippen molar-refractivity contribution in [2.45, 2.75) is 399 Å². The van der Waals surface area contributed by atoms with E-state index in [2.05, 4.69) is 13.8 Å². The smallest absolute Gasteiger partial charge is 0.306 e. The number of carbonyl (C=O) groups is 3. The number of hydrogen-bond acceptors (Lipinski definition) is 8. The number of quaternary nitrogens is 1. The van der Waals surface area contributed by atoms with Crippen molar-refractivity contribution < 1.29 is 42.9 Å². The van der Waals surface area contributed by atoms with E-state index in [0.29, 0.717) is 17.4 Å². The summed E-state index contributed by atoms with van der Waals surface area (Å²) in [6.45, 7) is 4.85. The zero-order valence-electron chi connectivity index (χ0n) is 55.2. The van der Waals surface area contributed by atoms with E-state index < -0.39 is 24.3 Å².